The lowest BCUT2D eigenvalue weighted by atomic mass is 10.0. The maximum absolute atomic E-state index is 14.8. The van der Waals surface area contributed by atoms with E-state index in [9.17, 15) is 18.4 Å². The van der Waals surface area contributed by atoms with E-state index in [1.165, 1.54) is 48.5 Å². The second kappa shape index (κ2) is 17.7. The zero-order valence-electron chi connectivity index (χ0n) is 28.9. The van der Waals surface area contributed by atoms with Crippen molar-refractivity contribution in [2.24, 2.45) is 0 Å². The lowest BCUT2D eigenvalue weighted by Gasteiger charge is -2.31. The van der Waals surface area contributed by atoms with E-state index in [-0.39, 0.29) is 28.7 Å². The molecule has 0 aliphatic carbocycles. The molecule has 0 aromatic heterocycles. The van der Waals surface area contributed by atoms with Crippen LogP contribution in [0.2, 0.25) is 38.8 Å². The number of rotatable bonds is 18. The molecule has 3 aromatic rings. The van der Waals surface area contributed by atoms with Gasteiger partial charge in [-0.25, -0.2) is 14.0 Å². The first-order chi connectivity index (χ1) is 22.2. The van der Waals surface area contributed by atoms with Crippen LogP contribution in [0.25, 0.3) is 11.1 Å². The number of hydrogen-bond acceptors (Lipinski definition) is 6. The highest BCUT2D eigenvalue weighted by Crippen LogP contribution is 2.30. The van der Waals surface area contributed by atoms with Crippen LogP contribution in [0, 0.1) is 11.6 Å². The summed E-state index contributed by atoms with van der Waals surface area (Å²) in [6.07, 6.45) is 6.48. The maximum Gasteiger partial charge on any atom is 0.343 e. The number of ether oxygens (including phenoxy) is 3. The van der Waals surface area contributed by atoms with Gasteiger partial charge in [0.1, 0.15) is 5.75 Å². The number of carbonyl (C=O) groups excluding carboxylic acids is 2. The van der Waals surface area contributed by atoms with E-state index < -0.39 is 40.2 Å². The van der Waals surface area contributed by atoms with Crippen molar-refractivity contribution in [3.05, 3.63) is 83.4 Å². The molecule has 6 nitrogen and oxygen atoms in total. The van der Waals surface area contributed by atoms with Gasteiger partial charge in [0.25, 0.3) is 0 Å². The van der Waals surface area contributed by atoms with E-state index in [0.29, 0.717) is 17.7 Å². The molecule has 10 heteroatoms. The highest BCUT2D eigenvalue weighted by molar-refractivity contribution is 6.84. The Labute approximate surface area is 281 Å². The number of benzene rings is 3. The molecule has 0 amide bonds. The van der Waals surface area contributed by atoms with Crippen LogP contribution < -0.4 is 9.47 Å². The van der Waals surface area contributed by atoms with Crippen LogP contribution in [0.4, 0.5) is 8.78 Å². The predicted molar refractivity (Wildman–Crippen MR) is 188 cm³/mol. The van der Waals surface area contributed by atoms with Gasteiger partial charge >= 0.3 is 11.9 Å². The van der Waals surface area contributed by atoms with Gasteiger partial charge in [0.05, 0.1) is 23.8 Å². The molecule has 0 heterocycles. The standard InChI is InChI=1S/C37H50F2O6Si2/c1-8-9-12-25-42-33-24-23-32(34(38)35(33)39)28-15-17-29(18-16-28)37(41)44-31-21-19-30(20-22-31)36(40)43-27(2)14-11-10-13-26-47(6,7)45-46(3,4)5/h15-24,27H,8-14,25-26H2,1-7H3/t27-/m1/s1. The first-order valence-corrected chi connectivity index (χ1v) is 23.2. The van der Waals surface area contributed by atoms with Crippen LogP contribution in [0.5, 0.6) is 11.5 Å². The molecule has 0 fully saturated rings. The van der Waals surface area contributed by atoms with Crippen LogP contribution in [0.15, 0.2) is 60.7 Å². The van der Waals surface area contributed by atoms with E-state index in [4.69, 9.17) is 18.3 Å². The Morgan fingerprint density at radius 3 is 2.02 bits per heavy atom. The van der Waals surface area contributed by atoms with Gasteiger partial charge in [0.2, 0.25) is 5.82 Å². The smallest absolute Gasteiger partial charge is 0.343 e. The number of carbonyl (C=O) groups is 2. The van der Waals surface area contributed by atoms with Gasteiger partial charge in [-0.3, -0.25) is 0 Å². The van der Waals surface area contributed by atoms with E-state index >= 15 is 0 Å². The van der Waals surface area contributed by atoms with Crippen LogP contribution in [0.1, 0.15) is 79.5 Å². The molecule has 0 aliphatic rings. The largest absolute Gasteiger partial charge is 0.490 e. The van der Waals surface area contributed by atoms with Crippen molar-refractivity contribution in [3.63, 3.8) is 0 Å². The van der Waals surface area contributed by atoms with Crippen molar-refractivity contribution in [3.8, 4) is 22.6 Å². The highest BCUT2D eigenvalue weighted by atomic mass is 28.4. The van der Waals surface area contributed by atoms with Crippen molar-refractivity contribution in [1.29, 1.82) is 0 Å². The molecule has 0 bridgehead atoms. The molecule has 0 aliphatic heterocycles. The lowest BCUT2D eigenvalue weighted by Crippen LogP contribution is -2.42. The monoisotopic (exact) mass is 684 g/mol. The molecule has 1 atom stereocenters. The van der Waals surface area contributed by atoms with E-state index in [0.717, 1.165) is 51.0 Å². The molecular weight excluding hydrogens is 635 g/mol. The Bertz CT molecular complexity index is 1450. The minimum absolute atomic E-state index is 0.0635. The molecule has 3 rings (SSSR count). The molecule has 0 saturated heterocycles. The first-order valence-electron chi connectivity index (χ1n) is 16.6. The summed E-state index contributed by atoms with van der Waals surface area (Å²) in [4.78, 5) is 25.4. The second-order valence-corrected chi connectivity index (χ2v) is 22.6. The van der Waals surface area contributed by atoms with Gasteiger partial charge in [-0.1, -0.05) is 44.7 Å². The molecule has 3 aromatic carbocycles. The van der Waals surface area contributed by atoms with Crippen LogP contribution in [0.3, 0.4) is 0 Å². The molecule has 47 heavy (non-hydrogen) atoms. The molecule has 0 spiro atoms. The van der Waals surface area contributed by atoms with Crippen molar-refractivity contribution in [2.75, 3.05) is 6.61 Å². The van der Waals surface area contributed by atoms with Crippen LogP contribution in [-0.4, -0.2) is 41.3 Å². The van der Waals surface area contributed by atoms with Crippen LogP contribution >= 0.6 is 0 Å². The van der Waals surface area contributed by atoms with E-state index in [2.05, 4.69) is 39.7 Å². The number of halogens is 2. The fourth-order valence-electron chi connectivity index (χ4n) is 5.36. The third-order valence-electron chi connectivity index (χ3n) is 7.56. The summed E-state index contributed by atoms with van der Waals surface area (Å²) >= 11 is 0. The van der Waals surface area contributed by atoms with E-state index in [1.807, 2.05) is 6.92 Å². The van der Waals surface area contributed by atoms with Gasteiger partial charge in [0, 0.05) is 5.56 Å². The minimum Gasteiger partial charge on any atom is -0.490 e. The Morgan fingerprint density at radius 1 is 0.745 bits per heavy atom. The maximum atomic E-state index is 14.8. The Kier molecular flexibility index (Phi) is 14.4. The minimum atomic E-state index is -1.63. The summed E-state index contributed by atoms with van der Waals surface area (Å²) in [6, 6.07) is 16.2. The summed E-state index contributed by atoms with van der Waals surface area (Å²) in [5.74, 6) is -2.96. The fraction of sp³-hybridized carbons (Fsp3) is 0.459. The van der Waals surface area contributed by atoms with Crippen LogP contribution in [-0.2, 0) is 8.85 Å². The van der Waals surface area contributed by atoms with Gasteiger partial charge in [0.15, 0.2) is 28.2 Å². The predicted octanol–water partition coefficient (Wildman–Crippen LogP) is 10.6. The summed E-state index contributed by atoms with van der Waals surface area (Å²) < 4.78 is 52.3. The second-order valence-electron chi connectivity index (χ2n) is 13.6. The average Bonchev–Trinajstić information content (AvgIpc) is 3.00. The number of unbranched alkanes of at least 4 members (excludes halogenated alkanes) is 4. The van der Waals surface area contributed by atoms with Gasteiger partial charge in [-0.15, -0.1) is 0 Å². The lowest BCUT2D eigenvalue weighted by molar-refractivity contribution is 0.0319. The van der Waals surface area contributed by atoms with Crippen molar-refractivity contribution >= 4 is 28.6 Å². The molecule has 256 valence electrons. The number of esters is 2. The Morgan fingerprint density at radius 2 is 1.38 bits per heavy atom. The highest BCUT2D eigenvalue weighted by Gasteiger charge is 2.29. The summed E-state index contributed by atoms with van der Waals surface area (Å²) in [5, 5.41) is 0. The number of hydrogen-bond donors (Lipinski definition) is 0. The summed E-state index contributed by atoms with van der Waals surface area (Å²) in [7, 11) is -3.15. The average molecular weight is 685 g/mol. The molecule has 0 unspecified atom stereocenters. The molecule has 0 saturated carbocycles. The zero-order valence-corrected chi connectivity index (χ0v) is 30.9. The Hall–Kier alpha value is -3.35. The Balaban J connectivity index is 1.46. The normalized spacial score (nSPS) is 12.4. The third kappa shape index (κ3) is 12.6. The zero-order chi connectivity index (χ0) is 34.6. The SMILES string of the molecule is CCCCCOc1ccc(-c2ccc(C(=O)Oc3ccc(C(=O)O[C@H](C)CCCCC[Si](C)(C)O[Si](C)(C)C)cc3)cc2)c(F)c1F. The van der Waals surface area contributed by atoms with Gasteiger partial charge in [-0.05, 0) is 119 Å². The molecular formula is C37H50F2O6Si2. The van der Waals surface area contributed by atoms with E-state index in [1.54, 1.807) is 12.1 Å². The van der Waals surface area contributed by atoms with Gasteiger partial charge < -0.3 is 18.3 Å². The van der Waals surface area contributed by atoms with Crippen molar-refractivity contribution in [1.82, 2.24) is 0 Å². The van der Waals surface area contributed by atoms with Crippen molar-refractivity contribution < 1.29 is 36.7 Å². The fourth-order valence-corrected chi connectivity index (χ4v) is 13.5. The van der Waals surface area contributed by atoms with Crippen molar-refractivity contribution in [2.45, 2.75) is 104 Å². The third-order valence-corrected chi connectivity index (χ3v) is 13.8. The molecule has 0 N–H and O–H groups in total. The topological polar surface area (TPSA) is 71.1 Å². The first kappa shape index (κ1) is 38.1. The summed E-state index contributed by atoms with van der Waals surface area (Å²) in [6.45, 7) is 15.6. The quantitative estimate of drug-likeness (QED) is 0.0575. The summed E-state index contributed by atoms with van der Waals surface area (Å²) in [5.41, 5.74) is 1.07. The van der Waals surface area contributed by atoms with Gasteiger partial charge in [-0.2, -0.15) is 4.39 Å². The molecule has 0 radical (unpaired) electrons.